The van der Waals surface area contributed by atoms with E-state index in [0.717, 1.165) is 5.56 Å². The summed E-state index contributed by atoms with van der Waals surface area (Å²) in [4.78, 5) is 24.0. The molecule has 0 aliphatic rings. The molecule has 10 nitrogen and oxygen atoms in total. The molecule has 1 amide bonds. The zero-order valence-electron chi connectivity index (χ0n) is 17.7. The highest BCUT2D eigenvalue weighted by molar-refractivity contribution is 7.87. The van der Waals surface area contributed by atoms with Gasteiger partial charge in [-0.05, 0) is 60.9 Å². The number of hydroxylamine groups is 1. The predicted molar refractivity (Wildman–Crippen MR) is 116 cm³/mol. The van der Waals surface area contributed by atoms with Gasteiger partial charge >= 0.3 is 16.0 Å². The number of nitrogens with one attached hydrogen (secondary N) is 2. The first-order chi connectivity index (χ1) is 15.4. The van der Waals surface area contributed by atoms with Crippen LogP contribution < -0.4 is 10.5 Å². The highest BCUT2D eigenvalue weighted by Gasteiger charge is 2.36. The van der Waals surface area contributed by atoms with E-state index in [1.165, 1.54) is 37.3 Å². The molecule has 2 atom stereocenters. The van der Waals surface area contributed by atoms with Crippen LogP contribution in [0, 0.1) is 19.7 Å². The van der Waals surface area contributed by atoms with Crippen LogP contribution in [0.4, 0.5) is 4.39 Å². The van der Waals surface area contributed by atoms with E-state index in [1.54, 1.807) is 19.9 Å². The lowest BCUT2D eigenvalue weighted by Crippen LogP contribution is -2.45. The normalized spacial score (nSPS) is 13.5. The number of benzene rings is 2. The van der Waals surface area contributed by atoms with Gasteiger partial charge in [-0.25, -0.2) is 14.3 Å². The van der Waals surface area contributed by atoms with Crippen LogP contribution in [-0.4, -0.2) is 34.2 Å². The van der Waals surface area contributed by atoms with Crippen molar-refractivity contribution >= 4 is 27.7 Å². The van der Waals surface area contributed by atoms with Crippen molar-refractivity contribution in [3.63, 3.8) is 0 Å². The van der Waals surface area contributed by atoms with Crippen LogP contribution in [0.5, 0.6) is 0 Å². The van der Waals surface area contributed by atoms with Gasteiger partial charge in [-0.3, -0.25) is 10.0 Å². The fourth-order valence-electron chi connectivity index (χ4n) is 3.29. The van der Waals surface area contributed by atoms with E-state index < -0.39 is 50.0 Å². The van der Waals surface area contributed by atoms with E-state index >= 15 is 0 Å². The summed E-state index contributed by atoms with van der Waals surface area (Å²) < 4.78 is 46.9. The second-order valence-electron chi connectivity index (χ2n) is 7.30. The second kappa shape index (κ2) is 9.43. The van der Waals surface area contributed by atoms with Crippen LogP contribution in [0.2, 0.25) is 5.02 Å². The van der Waals surface area contributed by atoms with Crippen LogP contribution in [0.25, 0.3) is 0 Å². The van der Waals surface area contributed by atoms with Crippen molar-refractivity contribution in [2.75, 3.05) is 0 Å². The standard InChI is InChI=1S/C20H20ClFN4O6S/c1-10-4-9-15(22)16(11(10)2)12(3)17(18-23-24-20(28)32-18)25-33(30,31)26(29)19(27)13-5-7-14(21)8-6-13/h4-9,12,17,25,29H,1-3H3,(H,24,28). The van der Waals surface area contributed by atoms with Crippen molar-refractivity contribution in [3.05, 3.63) is 85.9 Å². The molecule has 13 heteroatoms. The Bertz CT molecular complexity index is 1340. The molecule has 176 valence electrons. The molecule has 0 fully saturated rings. The summed E-state index contributed by atoms with van der Waals surface area (Å²) in [5.41, 5.74) is 1.26. The molecule has 0 saturated heterocycles. The molecule has 1 aromatic heterocycles. The minimum atomic E-state index is -4.93. The summed E-state index contributed by atoms with van der Waals surface area (Å²) in [6.45, 7) is 4.88. The van der Waals surface area contributed by atoms with E-state index in [-0.39, 0.29) is 11.1 Å². The Kier molecular flexibility index (Phi) is 7.03. The van der Waals surface area contributed by atoms with E-state index in [0.29, 0.717) is 10.6 Å². The zero-order chi connectivity index (χ0) is 24.5. The summed E-state index contributed by atoms with van der Waals surface area (Å²) in [6.07, 6.45) is 0. The molecule has 2 unspecified atom stereocenters. The highest BCUT2D eigenvalue weighted by Crippen LogP contribution is 2.35. The maximum atomic E-state index is 14.7. The average molecular weight is 499 g/mol. The number of aromatic nitrogens is 2. The Morgan fingerprint density at radius 2 is 1.88 bits per heavy atom. The van der Waals surface area contributed by atoms with E-state index in [4.69, 9.17) is 16.0 Å². The summed E-state index contributed by atoms with van der Waals surface area (Å²) in [6, 6.07) is 6.46. The first-order valence-corrected chi connectivity index (χ1v) is 11.4. The minimum absolute atomic E-state index is 0.141. The lowest BCUT2D eigenvalue weighted by Gasteiger charge is -2.26. The lowest BCUT2D eigenvalue weighted by atomic mass is 9.88. The maximum Gasteiger partial charge on any atom is 0.434 e. The number of rotatable bonds is 7. The number of hydrogen-bond donors (Lipinski definition) is 3. The highest BCUT2D eigenvalue weighted by atomic mass is 35.5. The van der Waals surface area contributed by atoms with Crippen molar-refractivity contribution in [2.45, 2.75) is 32.7 Å². The van der Waals surface area contributed by atoms with Crippen molar-refractivity contribution in [3.8, 4) is 0 Å². The number of aryl methyl sites for hydroxylation is 1. The van der Waals surface area contributed by atoms with Crippen LogP contribution in [0.3, 0.4) is 0 Å². The molecule has 0 bridgehead atoms. The smallest absolute Gasteiger partial charge is 0.391 e. The number of carbonyl (C=O) groups is 1. The number of hydrogen-bond acceptors (Lipinski definition) is 7. The third-order valence-electron chi connectivity index (χ3n) is 5.18. The summed E-state index contributed by atoms with van der Waals surface area (Å²) in [7, 11) is -4.93. The van der Waals surface area contributed by atoms with E-state index in [1.807, 2.05) is 5.10 Å². The maximum absolute atomic E-state index is 14.7. The first kappa shape index (κ1) is 24.6. The van der Waals surface area contributed by atoms with Crippen molar-refractivity contribution < 1.29 is 27.2 Å². The topological polar surface area (TPSA) is 146 Å². The molecule has 3 rings (SSSR count). The van der Waals surface area contributed by atoms with Crippen LogP contribution in [0.1, 0.15) is 51.8 Å². The Labute approximate surface area is 193 Å². The number of aromatic amines is 1. The van der Waals surface area contributed by atoms with Gasteiger partial charge in [0.25, 0.3) is 5.91 Å². The molecule has 0 radical (unpaired) electrons. The molecular formula is C20H20ClFN4O6S. The molecule has 3 N–H and O–H groups in total. The van der Waals surface area contributed by atoms with Crippen molar-refractivity contribution in [1.29, 1.82) is 0 Å². The fourth-order valence-corrected chi connectivity index (χ4v) is 4.47. The Balaban J connectivity index is 2.00. The monoisotopic (exact) mass is 498 g/mol. The summed E-state index contributed by atoms with van der Waals surface area (Å²) >= 11 is 5.76. The van der Waals surface area contributed by atoms with Crippen molar-refractivity contribution in [2.24, 2.45) is 0 Å². The molecule has 33 heavy (non-hydrogen) atoms. The predicted octanol–water partition coefficient (Wildman–Crippen LogP) is 2.98. The second-order valence-corrected chi connectivity index (χ2v) is 9.27. The fraction of sp³-hybridized carbons (Fsp3) is 0.250. The quantitative estimate of drug-likeness (QED) is 0.335. The molecule has 1 heterocycles. The van der Waals surface area contributed by atoms with Gasteiger partial charge in [0.05, 0.1) is 0 Å². The van der Waals surface area contributed by atoms with Gasteiger partial charge in [-0.2, -0.15) is 13.1 Å². The van der Waals surface area contributed by atoms with Crippen LogP contribution in [0.15, 0.2) is 45.6 Å². The zero-order valence-corrected chi connectivity index (χ0v) is 19.2. The van der Waals surface area contributed by atoms with Gasteiger partial charge in [0, 0.05) is 16.5 Å². The van der Waals surface area contributed by atoms with Gasteiger partial charge in [-0.15, -0.1) is 5.10 Å². The SMILES string of the molecule is Cc1ccc(F)c(C(C)C(NS(=O)(=O)N(O)C(=O)c2ccc(Cl)cc2)c2n[nH]c(=O)o2)c1C. The van der Waals surface area contributed by atoms with E-state index in [2.05, 4.69) is 9.82 Å². The summed E-state index contributed by atoms with van der Waals surface area (Å²) in [5.74, 6) is -4.24. The number of nitrogens with zero attached hydrogens (tertiary/aromatic N) is 2. The molecule has 0 saturated carbocycles. The van der Waals surface area contributed by atoms with Crippen molar-refractivity contribution in [1.82, 2.24) is 19.4 Å². The molecule has 0 aliphatic carbocycles. The van der Waals surface area contributed by atoms with Gasteiger partial charge in [-0.1, -0.05) is 29.1 Å². The Hall–Kier alpha value is -3.06. The third kappa shape index (κ3) is 5.14. The molecular weight excluding hydrogens is 479 g/mol. The Morgan fingerprint density at radius 1 is 1.24 bits per heavy atom. The number of halogens is 2. The number of H-pyrrole nitrogens is 1. The van der Waals surface area contributed by atoms with Gasteiger partial charge in [0.1, 0.15) is 11.9 Å². The first-order valence-electron chi connectivity index (χ1n) is 9.54. The molecule has 0 aliphatic heterocycles. The lowest BCUT2D eigenvalue weighted by molar-refractivity contribution is 0.00654. The molecule has 0 spiro atoms. The van der Waals surface area contributed by atoms with Crippen LogP contribution >= 0.6 is 11.6 Å². The average Bonchev–Trinajstić information content (AvgIpc) is 3.20. The molecule has 3 aromatic rings. The van der Waals surface area contributed by atoms with E-state index in [9.17, 15) is 27.6 Å². The molecule has 2 aromatic carbocycles. The largest absolute Gasteiger partial charge is 0.434 e. The summed E-state index contributed by atoms with van der Waals surface area (Å²) in [5, 5.41) is 16.1. The van der Waals surface area contributed by atoms with Gasteiger partial charge in [0.15, 0.2) is 0 Å². The van der Waals surface area contributed by atoms with Gasteiger partial charge in [0.2, 0.25) is 5.89 Å². The number of amides is 1. The van der Waals surface area contributed by atoms with Crippen LogP contribution in [-0.2, 0) is 10.2 Å². The Morgan fingerprint density at radius 3 is 2.45 bits per heavy atom. The minimum Gasteiger partial charge on any atom is -0.391 e. The van der Waals surface area contributed by atoms with Gasteiger partial charge < -0.3 is 4.42 Å². The third-order valence-corrected chi connectivity index (χ3v) is 6.60. The number of carbonyl (C=O) groups excluding carboxylic acids is 1.